The predicted octanol–water partition coefficient (Wildman–Crippen LogP) is -0.268. The highest BCUT2D eigenvalue weighted by atomic mass is 16.5. The number of nitriles is 1. The number of aromatic amines is 1. The molecule has 0 aliphatic carbocycles. The minimum atomic E-state index is -0.558. The van der Waals surface area contributed by atoms with E-state index in [2.05, 4.69) is 15.2 Å². The van der Waals surface area contributed by atoms with E-state index in [1.807, 2.05) is 13.0 Å². The number of carbonyl (C=O) groups excluding carboxylic acids is 1. The van der Waals surface area contributed by atoms with Crippen molar-refractivity contribution in [1.29, 1.82) is 5.26 Å². The van der Waals surface area contributed by atoms with Crippen LogP contribution in [0.25, 0.3) is 0 Å². The summed E-state index contributed by atoms with van der Waals surface area (Å²) in [5, 5.41) is 15.3. The van der Waals surface area contributed by atoms with Crippen LogP contribution in [0.4, 0.5) is 0 Å². The summed E-state index contributed by atoms with van der Waals surface area (Å²) >= 11 is 0. The number of aromatic nitrogens is 3. The molecular weight excluding hydrogens is 222 g/mol. The van der Waals surface area contributed by atoms with Gasteiger partial charge in [-0.1, -0.05) is 6.92 Å². The van der Waals surface area contributed by atoms with Crippen molar-refractivity contribution in [3.8, 4) is 6.07 Å². The normalized spacial score (nSPS) is 20.0. The number of hydrogen-bond acceptors (Lipinski definition) is 5. The van der Waals surface area contributed by atoms with Crippen molar-refractivity contribution >= 4 is 5.91 Å². The van der Waals surface area contributed by atoms with Crippen LogP contribution in [0.1, 0.15) is 23.4 Å². The third-order valence-corrected chi connectivity index (χ3v) is 2.56. The minimum absolute atomic E-state index is 0.153. The molecule has 2 heterocycles. The van der Waals surface area contributed by atoms with Gasteiger partial charge in [-0.05, 0) is 0 Å². The van der Waals surface area contributed by atoms with Crippen molar-refractivity contribution in [2.75, 3.05) is 19.7 Å². The van der Waals surface area contributed by atoms with E-state index >= 15 is 0 Å². The Kier molecular flexibility index (Phi) is 3.35. The molecule has 1 aliphatic heterocycles. The van der Waals surface area contributed by atoms with Crippen LogP contribution in [-0.2, 0) is 11.2 Å². The molecule has 90 valence electrons. The van der Waals surface area contributed by atoms with Crippen LogP contribution in [0.3, 0.4) is 0 Å². The van der Waals surface area contributed by atoms with E-state index in [1.54, 1.807) is 4.90 Å². The van der Waals surface area contributed by atoms with Gasteiger partial charge < -0.3 is 9.64 Å². The van der Waals surface area contributed by atoms with Gasteiger partial charge in [0.05, 0.1) is 19.2 Å². The van der Waals surface area contributed by atoms with Crippen molar-refractivity contribution < 1.29 is 9.53 Å². The summed E-state index contributed by atoms with van der Waals surface area (Å²) in [4.78, 5) is 17.6. The van der Waals surface area contributed by atoms with Gasteiger partial charge >= 0.3 is 0 Å². The molecule has 1 N–H and O–H groups in total. The van der Waals surface area contributed by atoms with Gasteiger partial charge in [-0.25, -0.2) is 4.98 Å². The Morgan fingerprint density at radius 2 is 2.59 bits per heavy atom. The van der Waals surface area contributed by atoms with Crippen LogP contribution in [0, 0.1) is 11.3 Å². The molecule has 0 bridgehead atoms. The molecule has 17 heavy (non-hydrogen) atoms. The Bertz CT molecular complexity index is 450. The molecule has 1 fully saturated rings. The van der Waals surface area contributed by atoms with Crippen molar-refractivity contribution in [3.05, 3.63) is 11.6 Å². The third-order valence-electron chi connectivity index (χ3n) is 2.56. The number of rotatable bonds is 2. The minimum Gasteiger partial charge on any atom is -0.360 e. The zero-order valence-corrected chi connectivity index (χ0v) is 9.51. The van der Waals surface area contributed by atoms with Crippen LogP contribution >= 0.6 is 0 Å². The van der Waals surface area contributed by atoms with Gasteiger partial charge in [-0.3, -0.25) is 9.89 Å². The summed E-state index contributed by atoms with van der Waals surface area (Å²) in [6.45, 7) is 3.03. The van der Waals surface area contributed by atoms with Gasteiger partial charge in [0, 0.05) is 13.0 Å². The summed E-state index contributed by atoms with van der Waals surface area (Å²) in [6.07, 6.45) is 0.141. The average molecular weight is 235 g/mol. The molecule has 1 atom stereocenters. The molecule has 0 aromatic carbocycles. The third kappa shape index (κ3) is 2.42. The molecule has 1 amide bonds. The van der Waals surface area contributed by atoms with E-state index in [1.165, 1.54) is 0 Å². The maximum atomic E-state index is 12.0. The van der Waals surface area contributed by atoms with E-state index in [9.17, 15) is 4.79 Å². The quantitative estimate of drug-likeness (QED) is 0.761. The molecule has 1 aromatic heterocycles. The smallest absolute Gasteiger partial charge is 0.293 e. The topological polar surface area (TPSA) is 94.9 Å². The second-order valence-corrected chi connectivity index (χ2v) is 3.70. The monoisotopic (exact) mass is 235 g/mol. The fraction of sp³-hybridized carbons (Fsp3) is 0.600. The van der Waals surface area contributed by atoms with Crippen molar-refractivity contribution in [2.24, 2.45) is 0 Å². The van der Waals surface area contributed by atoms with Crippen LogP contribution in [0.2, 0.25) is 0 Å². The number of H-pyrrole nitrogens is 1. The van der Waals surface area contributed by atoms with Crippen LogP contribution in [0.15, 0.2) is 0 Å². The van der Waals surface area contributed by atoms with Gasteiger partial charge in [0.1, 0.15) is 5.82 Å². The van der Waals surface area contributed by atoms with Gasteiger partial charge in [-0.2, -0.15) is 5.26 Å². The molecule has 7 heteroatoms. The molecule has 0 spiro atoms. The SMILES string of the molecule is CCc1nc(C(=O)N2CCOC(C#N)C2)n[nH]1. The summed E-state index contributed by atoms with van der Waals surface area (Å²) in [7, 11) is 0. The number of nitrogens with one attached hydrogen (secondary N) is 1. The molecule has 2 rings (SSSR count). The predicted molar refractivity (Wildman–Crippen MR) is 57.0 cm³/mol. The lowest BCUT2D eigenvalue weighted by Gasteiger charge is -2.28. The van der Waals surface area contributed by atoms with Crippen molar-refractivity contribution in [1.82, 2.24) is 20.1 Å². The van der Waals surface area contributed by atoms with E-state index in [0.29, 0.717) is 25.4 Å². The standard InChI is InChI=1S/C10H13N5O2/c1-2-8-12-9(14-13-8)10(16)15-3-4-17-7(5-11)6-15/h7H,2-4,6H2,1H3,(H,12,13,14). The van der Waals surface area contributed by atoms with Crippen molar-refractivity contribution in [2.45, 2.75) is 19.4 Å². The zero-order chi connectivity index (χ0) is 12.3. The Labute approximate surface area is 98.4 Å². The Morgan fingerprint density at radius 3 is 3.24 bits per heavy atom. The first kappa shape index (κ1) is 11.5. The van der Waals surface area contributed by atoms with E-state index in [-0.39, 0.29) is 18.3 Å². The number of carbonyl (C=O) groups is 1. The molecule has 1 saturated heterocycles. The fourth-order valence-corrected chi connectivity index (χ4v) is 1.60. The lowest BCUT2D eigenvalue weighted by molar-refractivity contribution is 0.00293. The number of hydrogen-bond donors (Lipinski definition) is 1. The maximum absolute atomic E-state index is 12.0. The summed E-state index contributed by atoms with van der Waals surface area (Å²) in [5.41, 5.74) is 0. The summed E-state index contributed by atoms with van der Waals surface area (Å²) in [6, 6.07) is 1.99. The van der Waals surface area contributed by atoms with Gasteiger partial charge in [0.2, 0.25) is 5.82 Å². The lowest BCUT2D eigenvalue weighted by atomic mass is 10.3. The molecule has 7 nitrogen and oxygen atoms in total. The number of aryl methyl sites for hydroxylation is 1. The highest BCUT2D eigenvalue weighted by Crippen LogP contribution is 2.08. The molecular formula is C10H13N5O2. The first-order valence-corrected chi connectivity index (χ1v) is 5.46. The number of ether oxygens (including phenoxy) is 1. The Morgan fingerprint density at radius 1 is 1.76 bits per heavy atom. The molecule has 0 saturated carbocycles. The van der Waals surface area contributed by atoms with Gasteiger partial charge in [-0.15, -0.1) is 5.10 Å². The molecule has 0 radical (unpaired) electrons. The zero-order valence-electron chi connectivity index (χ0n) is 9.51. The highest BCUT2D eigenvalue weighted by molar-refractivity contribution is 5.90. The van der Waals surface area contributed by atoms with E-state index < -0.39 is 6.10 Å². The maximum Gasteiger partial charge on any atom is 0.293 e. The average Bonchev–Trinajstić information content (AvgIpc) is 2.86. The largest absolute Gasteiger partial charge is 0.360 e. The molecule has 1 aliphatic rings. The molecule has 1 aromatic rings. The first-order valence-electron chi connectivity index (χ1n) is 5.46. The van der Waals surface area contributed by atoms with Crippen LogP contribution < -0.4 is 0 Å². The summed E-state index contributed by atoms with van der Waals surface area (Å²) < 4.78 is 5.17. The molecule has 1 unspecified atom stereocenters. The Balaban J connectivity index is 2.07. The highest BCUT2D eigenvalue weighted by Gasteiger charge is 2.26. The number of amides is 1. The van der Waals surface area contributed by atoms with Gasteiger partial charge in [0.25, 0.3) is 5.91 Å². The van der Waals surface area contributed by atoms with Crippen LogP contribution in [0.5, 0.6) is 0 Å². The second kappa shape index (κ2) is 4.93. The van der Waals surface area contributed by atoms with Gasteiger partial charge in [0.15, 0.2) is 6.10 Å². The fourth-order valence-electron chi connectivity index (χ4n) is 1.60. The van der Waals surface area contributed by atoms with Crippen LogP contribution in [-0.4, -0.2) is 51.8 Å². The van der Waals surface area contributed by atoms with E-state index in [0.717, 1.165) is 0 Å². The summed E-state index contributed by atoms with van der Waals surface area (Å²) in [5.74, 6) is 0.573. The van der Waals surface area contributed by atoms with E-state index in [4.69, 9.17) is 10.00 Å². The number of nitrogens with zero attached hydrogens (tertiary/aromatic N) is 4. The lowest BCUT2D eigenvalue weighted by Crippen LogP contribution is -2.45. The van der Waals surface area contributed by atoms with Crippen molar-refractivity contribution in [3.63, 3.8) is 0 Å². The second-order valence-electron chi connectivity index (χ2n) is 3.70. The first-order chi connectivity index (χ1) is 8.24. The Hall–Kier alpha value is -1.94. The number of morpholine rings is 1.